The Kier molecular flexibility index (Phi) is 4.13. The van der Waals surface area contributed by atoms with Gasteiger partial charge in [0.05, 0.1) is 18.3 Å². The highest BCUT2D eigenvalue weighted by atomic mass is 16.3. The number of hydrogen-bond donors (Lipinski definition) is 1. The topological polar surface area (TPSA) is 41.3 Å². The molecule has 112 valence electrons. The Morgan fingerprint density at radius 2 is 2.05 bits per heavy atom. The largest absolute Gasteiger partial charge is 0.394 e. The summed E-state index contributed by atoms with van der Waals surface area (Å²) in [5.41, 5.74) is 1.27. The van der Waals surface area contributed by atoms with Gasteiger partial charge in [0, 0.05) is 24.6 Å². The van der Waals surface area contributed by atoms with Crippen molar-refractivity contribution in [1.82, 2.24) is 14.5 Å². The molecule has 0 amide bonds. The normalized spacial score (nSPS) is 25.1. The molecule has 0 spiro atoms. The number of nitrogens with zero attached hydrogens (tertiary/aromatic N) is 3. The predicted molar refractivity (Wildman–Crippen MR) is 80.0 cm³/mol. The zero-order valence-electron chi connectivity index (χ0n) is 12.8. The standard InChI is InChI=1S/C16H27N3O/c1-12(2)18-8-6-13(7-9-18)15-10-19-14(11-20)4-3-5-16(19)17-15/h10,12-14,20H,3-9,11H2,1-2H3. The summed E-state index contributed by atoms with van der Waals surface area (Å²) in [6, 6.07) is 0.917. The lowest BCUT2D eigenvalue weighted by Crippen LogP contribution is -2.37. The van der Waals surface area contributed by atoms with Gasteiger partial charge >= 0.3 is 0 Å². The smallest absolute Gasteiger partial charge is 0.109 e. The molecule has 2 aliphatic heterocycles. The summed E-state index contributed by atoms with van der Waals surface area (Å²) in [7, 11) is 0. The van der Waals surface area contributed by atoms with Crippen molar-refractivity contribution in [2.45, 2.75) is 64.0 Å². The van der Waals surface area contributed by atoms with Crippen LogP contribution in [0.4, 0.5) is 0 Å². The molecule has 0 aliphatic carbocycles. The fourth-order valence-electron chi connectivity index (χ4n) is 3.68. The summed E-state index contributed by atoms with van der Waals surface area (Å²) in [5, 5.41) is 9.50. The van der Waals surface area contributed by atoms with Crippen LogP contribution in [0.25, 0.3) is 0 Å². The number of fused-ring (bicyclic) bond motifs is 1. The van der Waals surface area contributed by atoms with Crippen LogP contribution in [0.5, 0.6) is 0 Å². The zero-order chi connectivity index (χ0) is 14.1. The first-order chi connectivity index (χ1) is 9.69. The summed E-state index contributed by atoms with van der Waals surface area (Å²) in [4.78, 5) is 7.43. The lowest BCUT2D eigenvalue weighted by Gasteiger charge is -2.34. The molecule has 1 saturated heterocycles. The Hall–Kier alpha value is -0.870. The number of hydrogen-bond acceptors (Lipinski definition) is 3. The Morgan fingerprint density at radius 1 is 1.30 bits per heavy atom. The van der Waals surface area contributed by atoms with Gasteiger partial charge in [0.1, 0.15) is 5.82 Å². The minimum absolute atomic E-state index is 0.245. The van der Waals surface area contributed by atoms with E-state index >= 15 is 0 Å². The molecule has 1 aromatic rings. The van der Waals surface area contributed by atoms with Gasteiger partial charge in [-0.3, -0.25) is 0 Å². The SMILES string of the molecule is CC(C)N1CCC(c2cn3c(n2)CCCC3CO)CC1. The van der Waals surface area contributed by atoms with Crippen molar-refractivity contribution in [2.24, 2.45) is 0 Å². The van der Waals surface area contributed by atoms with Gasteiger partial charge in [-0.05, 0) is 52.6 Å². The molecule has 1 fully saturated rings. The first kappa shape index (κ1) is 14.1. The van der Waals surface area contributed by atoms with Crippen LogP contribution in [0, 0.1) is 0 Å². The Balaban J connectivity index is 1.71. The third-order valence-electron chi connectivity index (χ3n) is 5.05. The van der Waals surface area contributed by atoms with Crippen LogP contribution in [-0.4, -0.2) is 45.3 Å². The number of aromatic nitrogens is 2. The first-order valence-corrected chi connectivity index (χ1v) is 8.11. The maximum absolute atomic E-state index is 9.50. The van der Waals surface area contributed by atoms with Gasteiger partial charge in [-0.2, -0.15) is 0 Å². The maximum atomic E-state index is 9.50. The molecule has 4 nitrogen and oxygen atoms in total. The molecular formula is C16H27N3O. The van der Waals surface area contributed by atoms with Crippen molar-refractivity contribution in [3.05, 3.63) is 17.7 Å². The predicted octanol–water partition coefficient (Wildman–Crippen LogP) is 2.34. The number of rotatable bonds is 3. The number of aliphatic hydroxyl groups is 1. The average molecular weight is 277 g/mol. The van der Waals surface area contributed by atoms with Crippen molar-refractivity contribution in [1.29, 1.82) is 0 Å². The molecule has 1 aromatic heterocycles. The van der Waals surface area contributed by atoms with Crippen molar-refractivity contribution in [3.8, 4) is 0 Å². The first-order valence-electron chi connectivity index (χ1n) is 8.11. The van der Waals surface area contributed by atoms with Gasteiger partial charge < -0.3 is 14.6 Å². The second-order valence-electron chi connectivity index (χ2n) is 6.62. The second-order valence-corrected chi connectivity index (χ2v) is 6.62. The molecule has 0 saturated carbocycles. The molecule has 1 N–H and O–H groups in total. The van der Waals surface area contributed by atoms with E-state index in [-0.39, 0.29) is 12.6 Å². The van der Waals surface area contributed by atoms with Crippen LogP contribution in [0.3, 0.4) is 0 Å². The Morgan fingerprint density at radius 3 is 2.70 bits per heavy atom. The minimum Gasteiger partial charge on any atom is -0.394 e. The summed E-state index contributed by atoms with van der Waals surface area (Å²) >= 11 is 0. The van der Waals surface area contributed by atoms with Crippen LogP contribution in [0.1, 0.15) is 63.0 Å². The quantitative estimate of drug-likeness (QED) is 0.922. The van der Waals surface area contributed by atoms with Crippen molar-refractivity contribution >= 4 is 0 Å². The second kappa shape index (κ2) is 5.86. The zero-order valence-corrected chi connectivity index (χ0v) is 12.8. The summed E-state index contributed by atoms with van der Waals surface area (Å²) in [6.45, 7) is 7.18. The number of likely N-dealkylation sites (tertiary alicyclic amines) is 1. The van der Waals surface area contributed by atoms with Crippen LogP contribution in [0.15, 0.2) is 6.20 Å². The van der Waals surface area contributed by atoms with E-state index < -0.39 is 0 Å². The lowest BCUT2D eigenvalue weighted by molar-refractivity contribution is 0.171. The molecule has 0 bridgehead atoms. The van der Waals surface area contributed by atoms with E-state index in [1.165, 1.54) is 37.4 Å². The molecule has 3 heterocycles. The third kappa shape index (κ3) is 2.63. The van der Waals surface area contributed by atoms with Crippen molar-refractivity contribution in [2.75, 3.05) is 19.7 Å². The highest BCUT2D eigenvalue weighted by Gasteiger charge is 2.27. The number of imidazole rings is 1. The number of aliphatic hydroxyl groups excluding tert-OH is 1. The monoisotopic (exact) mass is 277 g/mol. The van der Waals surface area contributed by atoms with E-state index in [1.807, 2.05) is 0 Å². The van der Waals surface area contributed by atoms with Crippen LogP contribution < -0.4 is 0 Å². The van der Waals surface area contributed by atoms with E-state index in [9.17, 15) is 5.11 Å². The van der Waals surface area contributed by atoms with Crippen LogP contribution in [0.2, 0.25) is 0 Å². The van der Waals surface area contributed by atoms with Crippen LogP contribution in [-0.2, 0) is 6.42 Å². The van der Waals surface area contributed by atoms with Crippen molar-refractivity contribution < 1.29 is 5.11 Å². The molecular weight excluding hydrogens is 250 g/mol. The molecule has 3 rings (SSSR count). The number of piperidine rings is 1. The fraction of sp³-hybridized carbons (Fsp3) is 0.812. The van der Waals surface area contributed by atoms with Gasteiger partial charge in [0.25, 0.3) is 0 Å². The highest BCUT2D eigenvalue weighted by molar-refractivity contribution is 5.13. The average Bonchev–Trinajstić information content (AvgIpc) is 2.91. The number of aryl methyl sites for hydroxylation is 1. The lowest BCUT2D eigenvalue weighted by atomic mass is 9.93. The van der Waals surface area contributed by atoms with Crippen molar-refractivity contribution in [3.63, 3.8) is 0 Å². The summed E-state index contributed by atoms with van der Waals surface area (Å²) in [5.74, 6) is 1.80. The van der Waals surface area contributed by atoms with E-state index in [0.717, 1.165) is 19.3 Å². The van der Waals surface area contributed by atoms with E-state index in [2.05, 4.69) is 29.5 Å². The maximum Gasteiger partial charge on any atom is 0.109 e. The molecule has 4 heteroatoms. The molecule has 0 radical (unpaired) electrons. The molecule has 1 atom stereocenters. The Labute approximate surface area is 121 Å². The molecule has 0 aromatic carbocycles. The van der Waals surface area contributed by atoms with Crippen LogP contribution >= 0.6 is 0 Å². The highest BCUT2D eigenvalue weighted by Crippen LogP contribution is 2.31. The van der Waals surface area contributed by atoms with E-state index in [1.54, 1.807) is 0 Å². The Bertz CT molecular complexity index is 447. The molecule has 20 heavy (non-hydrogen) atoms. The van der Waals surface area contributed by atoms with Gasteiger partial charge in [-0.1, -0.05) is 0 Å². The van der Waals surface area contributed by atoms with Gasteiger partial charge in [-0.25, -0.2) is 4.98 Å². The summed E-state index contributed by atoms with van der Waals surface area (Å²) < 4.78 is 2.24. The van der Waals surface area contributed by atoms with Gasteiger partial charge in [-0.15, -0.1) is 0 Å². The van der Waals surface area contributed by atoms with E-state index in [4.69, 9.17) is 4.98 Å². The van der Waals surface area contributed by atoms with Gasteiger partial charge in [0.2, 0.25) is 0 Å². The molecule has 2 aliphatic rings. The molecule has 1 unspecified atom stereocenters. The van der Waals surface area contributed by atoms with E-state index in [0.29, 0.717) is 12.0 Å². The minimum atomic E-state index is 0.245. The van der Waals surface area contributed by atoms with Gasteiger partial charge in [0.15, 0.2) is 0 Å². The third-order valence-corrected chi connectivity index (χ3v) is 5.05. The fourth-order valence-corrected chi connectivity index (χ4v) is 3.68. The summed E-state index contributed by atoms with van der Waals surface area (Å²) in [6.07, 6.45) is 7.99.